The van der Waals surface area contributed by atoms with Gasteiger partial charge in [-0.2, -0.15) is 0 Å². The molecular formula is C64H126N4O8. The predicted molar refractivity (Wildman–Crippen MR) is 319 cm³/mol. The molecule has 0 aromatic rings. The summed E-state index contributed by atoms with van der Waals surface area (Å²) in [6.07, 6.45) is 41.9. The summed E-state index contributed by atoms with van der Waals surface area (Å²) in [5.74, 6) is -0.604. The maximum absolute atomic E-state index is 12.8. The number of unbranched alkanes of at least 4 members (excludes halogenated alkanes) is 28. The van der Waals surface area contributed by atoms with E-state index in [1.165, 1.54) is 154 Å². The first-order chi connectivity index (χ1) is 37.2. The SMILES string of the molecule is CCCCCCCCCCOC(=O)CCN(CCCN(CC)CCN(CC)CCCN(CCC(=O)OCCCCCCCCCC)CCC(=O)OCCCCCCCCCC)CCC(=O)OCCCCCCCCCC. The average molecular weight is 1080 g/mol. The molecule has 0 aliphatic heterocycles. The fraction of sp³-hybridized carbons (Fsp3) is 0.938. The summed E-state index contributed by atoms with van der Waals surface area (Å²) in [6, 6.07) is 0. The Kier molecular flexibility index (Phi) is 57.1. The quantitative estimate of drug-likeness (QED) is 0.0328. The van der Waals surface area contributed by atoms with Gasteiger partial charge in [0.2, 0.25) is 0 Å². The van der Waals surface area contributed by atoms with Gasteiger partial charge in [0.1, 0.15) is 0 Å². The van der Waals surface area contributed by atoms with E-state index in [0.29, 0.717) is 78.3 Å². The van der Waals surface area contributed by atoms with Crippen LogP contribution in [0.1, 0.15) is 286 Å². The molecule has 0 heterocycles. The van der Waals surface area contributed by atoms with Crippen molar-refractivity contribution in [2.24, 2.45) is 0 Å². The number of nitrogens with zero attached hydrogens (tertiary/aromatic N) is 4. The molecule has 0 amide bonds. The summed E-state index contributed by atoms with van der Waals surface area (Å²) in [6.45, 7) is 25.0. The van der Waals surface area contributed by atoms with Gasteiger partial charge in [-0.25, -0.2) is 0 Å². The van der Waals surface area contributed by atoms with Crippen LogP contribution in [-0.2, 0) is 38.1 Å². The number of likely N-dealkylation sites (N-methyl/N-ethyl adjacent to an activating group) is 2. The van der Waals surface area contributed by atoms with E-state index in [0.717, 1.165) is 117 Å². The lowest BCUT2D eigenvalue weighted by atomic mass is 10.1. The average Bonchev–Trinajstić information content (AvgIpc) is 3.42. The van der Waals surface area contributed by atoms with Gasteiger partial charge in [-0.3, -0.25) is 19.2 Å². The first-order valence-electron chi connectivity index (χ1n) is 32.7. The summed E-state index contributed by atoms with van der Waals surface area (Å²) in [7, 11) is 0. The van der Waals surface area contributed by atoms with Crippen molar-refractivity contribution in [2.75, 3.05) is 105 Å². The molecule has 76 heavy (non-hydrogen) atoms. The van der Waals surface area contributed by atoms with Crippen molar-refractivity contribution < 1.29 is 38.1 Å². The Morgan fingerprint density at radius 1 is 0.224 bits per heavy atom. The van der Waals surface area contributed by atoms with Crippen molar-refractivity contribution in [3.05, 3.63) is 0 Å². The zero-order chi connectivity index (χ0) is 55.6. The first-order valence-corrected chi connectivity index (χ1v) is 32.7. The third-order valence-electron chi connectivity index (χ3n) is 15.1. The van der Waals surface area contributed by atoms with Crippen LogP contribution in [0.25, 0.3) is 0 Å². The molecule has 0 radical (unpaired) electrons. The van der Waals surface area contributed by atoms with Crippen LogP contribution >= 0.6 is 0 Å². The number of hydrogen-bond acceptors (Lipinski definition) is 12. The Morgan fingerprint density at radius 3 is 0.632 bits per heavy atom. The zero-order valence-electron chi connectivity index (χ0n) is 51.2. The molecule has 12 heteroatoms. The molecule has 0 fully saturated rings. The normalized spacial score (nSPS) is 11.7. The van der Waals surface area contributed by atoms with Gasteiger partial charge in [-0.1, -0.05) is 221 Å². The van der Waals surface area contributed by atoms with E-state index in [-0.39, 0.29) is 23.9 Å². The second kappa shape index (κ2) is 58.9. The highest BCUT2D eigenvalue weighted by Gasteiger charge is 2.16. The number of ether oxygens (including phenoxy) is 4. The number of hydrogen-bond donors (Lipinski definition) is 0. The van der Waals surface area contributed by atoms with E-state index in [4.69, 9.17) is 18.9 Å². The van der Waals surface area contributed by atoms with Crippen LogP contribution < -0.4 is 0 Å². The van der Waals surface area contributed by atoms with Gasteiger partial charge < -0.3 is 38.5 Å². The molecule has 0 aromatic heterocycles. The van der Waals surface area contributed by atoms with Gasteiger partial charge in [0, 0.05) is 39.3 Å². The van der Waals surface area contributed by atoms with Crippen LogP contribution in [0.5, 0.6) is 0 Å². The molecule has 0 aliphatic rings. The van der Waals surface area contributed by atoms with Crippen LogP contribution in [0, 0.1) is 0 Å². The Balaban J connectivity index is 5.13. The van der Waals surface area contributed by atoms with Gasteiger partial charge in [0.15, 0.2) is 0 Å². The van der Waals surface area contributed by atoms with E-state index in [1.54, 1.807) is 0 Å². The van der Waals surface area contributed by atoms with Crippen LogP contribution in [-0.4, -0.2) is 148 Å². The Bertz CT molecular complexity index is 1110. The molecule has 0 atom stereocenters. The maximum atomic E-state index is 12.8. The molecule has 0 unspecified atom stereocenters. The molecule has 0 saturated carbocycles. The maximum Gasteiger partial charge on any atom is 0.307 e. The highest BCUT2D eigenvalue weighted by atomic mass is 16.5. The van der Waals surface area contributed by atoms with Crippen LogP contribution in [0.15, 0.2) is 0 Å². The minimum absolute atomic E-state index is 0.151. The highest BCUT2D eigenvalue weighted by molar-refractivity contribution is 5.71. The number of esters is 4. The van der Waals surface area contributed by atoms with Crippen molar-refractivity contribution in [1.82, 2.24) is 19.6 Å². The highest BCUT2D eigenvalue weighted by Crippen LogP contribution is 2.13. The Labute approximate surface area is 470 Å². The van der Waals surface area contributed by atoms with Crippen LogP contribution in [0.4, 0.5) is 0 Å². The predicted octanol–water partition coefficient (Wildman–Crippen LogP) is 15.3. The fourth-order valence-corrected chi connectivity index (χ4v) is 9.82. The van der Waals surface area contributed by atoms with Gasteiger partial charge >= 0.3 is 23.9 Å². The third kappa shape index (κ3) is 52.4. The number of carbonyl (C=O) groups excluding carboxylic acids is 4. The first kappa shape index (κ1) is 73.7. The van der Waals surface area contributed by atoms with Gasteiger partial charge in [-0.15, -0.1) is 0 Å². The van der Waals surface area contributed by atoms with Crippen molar-refractivity contribution in [3.8, 4) is 0 Å². The monoisotopic (exact) mass is 1080 g/mol. The molecule has 12 nitrogen and oxygen atoms in total. The van der Waals surface area contributed by atoms with E-state index >= 15 is 0 Å². The van der Waals surface area contributed by atoms with E-state index in [9.17, 15) is 19.2 Å². The lowest BCUT2D eigenvalue weighted by molar-refractivity contribution is -0.146. The molecule has 0 N–H and O–H groups in total. The molecule has 0 spiro atoms. The molecular weight excluding hydrogens is 953 g/mol. The van der Waals surface area contributed by atoms with Crippen molar-refractivity contribution in [1.29, 1.82) is 0 Å². The largest absolute Gasteiger partial charge is 0.466 e. The summed E-state index contributed by atoms with van der Waals surface area (Å²) in [5.41, 5.74) is 0. The minimum atomic E-state index is -0.151. The van der Waals surface area contributed by atoms with Crippen molar-refractivity contribution in [2.45, 2.75) is 286 Å². The molecule has 0 bridgehead atoms. The topological polar surface area (TPSA) is 118 Å². The summed E-state index contributed by atoms with van der Waals surface area (Å²) < 4.78 is 22.6. The lowest BCUT2D eigenvalue weighted by Crippen LogP contribution is -2.38. The van der Waals surface area contributed by atoms with Gasteiger partial charge in [0.05, 0.1) is 52.1 Å². The fourth-order valence-electron chi connectivity index (χ4n) is 9.82. The third-order valence-corrected chi connectivity index (χ3v) is 15.1. The minimum Gasteiger partial charge on any atom is -0.466 e. The van der Waals surface area contributed by atoms with Crippen LogP contribution in [0.3, 0.4) is 0 Å². The summed E-state index contributed by atoms with van der Waals surface area (Å²) in [5, 5.41) is 0. The second-order valence-corrected chi connectivity index (χ2v) is 22.0. The second-order valence-electron chi connectivity index (χ2n) is 22.0. The summed E-state index contributed by atoms with van der Waals surface area (Å²) >= 11 is 0. The molecule has 450 valence electrons. The van der Waals surface area contributed by atoms with E-state index in [1.807, 2.05) is 0 Å². The molecule has 0 aliphatic carbocycles. The van der Waals surface area contributed by atoms with Crippen molar-refractivity contribution >= 4 is 23.9 Å². The van der Waals surface area contributed by atoms with Crippen LogP contribution in [0.2, 0.25) is 0 Å². The Hall–Kier alpha value is -2.28. The smallest absolute Gasteiger partial charge is 0.307 e. The zero-order valence-corrected chi connectivity index (χ0v) is 51.2. The standard InChI is InChI=1S/C64H126N4O8/c1-7-13-17-21-25-29-33-37-57-73-61(69)43-51-67(52-44-62(70)74-58-38-34-30-26-22-18-14-8-2)49-41-47-65(11-5)55-56-66(12-6)48-42-50-68(53-45-63(71)75-59-39-35-31-27-23-19-15-9-3)54-46-64(72)76-60-40-36-32-28-24-20-16-10-4/h7-60H2,1-6H3. The van der Waals surface area contributed by atoms with Gasteiger partial charge in [0.25, 0.3) is 0 Å². The Morgan fingerprint density at radius 2 is 0.421 bits per heavy atom. The number of rotatable bonds is 61. The summed E-state index contributed by atoms with van der Waals surface area (Å²) in [4.78, 5) is 60.8. The molecule has 0 rings (SSSR count). The van der Waals surface area contributed by atoms with Crippen molar-refractivity contribution in [3.63, 3.8) is 0 Å². The van der Waals surface area contributed by atoms with Gasteiger partial charge in [-0.05, 0) is 77.8 Å². The molecule has 0 saturated heterocycles. The number of carbonyl (C=O) groups is 4. The molecule has 0 aromatic carbocycles. The lowest BCUT2D eigenvalue weighted by Gasteiger charge is -2.28. The van der Waals surface area contributed by atoms with E-state index in [2.05, 4.69) is 61.1 Å². The van der Waals surface area contributed by atoms with E-state index < -0.39 is 0 Å².